The highest BCUT2D eigenvalue weighted by Gasteiger charge is 2.09. The maximum atomic E-state index is 9.39. The zero-order valence-corrected chi connectivity index (χ0v) is 9.09. The molecule has 84 valence electrons. The van der Waals surface area contributed by atoms with E-state index in [1.54, 1.807) is 0 Å². The molecule has 0 spiro atoms. The van der Waals surface area contributed by atoms with Crippen LogP contribution in [0.25, 0.3) is 11.0 Å². The van der Waals surface area contributed by atoms with Crippen LogP contribution in [0, 0.1) is 6.92 Å². The molecule has 0 aliphatic carbocycles. The normalized spacial score (nSPS) is 12.9. The molecule has 1 heterocycles. The second-order valence-electron chi connectivity index (χ2n) is 3.78. The summed E-state index contributed by atoms with van der Waals surface area (Å²) in [6.07, 6.45) is -0.436. The molecule has 1 aromatic carbocycles. The van der Waals surface area contributed by atoms with Crippen LogP contribution < -0.4 is 0 Å². The lowest BCUT2D eigenvalue weighted by Crippen LogP contribution is -2.17. The van der Waals surface area contributed by atoms with Crippen LogP contribution in [0.4, 0.5) is 0 Å². The number of rotatable bonds is 3. The average Bonchev–Trinajstić information content (AvgIpc) is 2.30. The zero-order valence-electron chi connectivity index (χ0n) is 9.09. The van der Waals surface area contributed by atoms with Gasteiger partial charge < -0.3 is 10.2 Å². The fraction of sp³-hybridized carbons (Fsp3) is 0.333. The molecular formula is C12H14N2O2. The molecule has 0 unspecified atom stereocenters. The minimum Gasteiger partial charge on any atom is -0.394 e. The fourth-order valence-corrected chi connectivity index (χ4v) is 1.61. The lowest BCUT2D eigenvalue weighted by atomic mass is 10.1. The van der Waals surface area contributed by atoms with Crippen molar-refractivity contribution in [2.45, 2.75) is 19.4 Å². The number of fused-ring (bicyclic) bond motifs is 1. The van der Waals surface area contributed by atoms with Crippen LogP contribution in [0.5, 0.6) is 0 Å². The number of para-hydroxylation sites is 2. The van der Waals surface area contributed by atoms with Gasteiger partial charge in [-0.3, -0.25) is 0 Å². The molecule has 2 N–H and O–H groups in total. The van der Waals surface area contributed by atoms with Gasteiger partial charge in [-0.25, -0.2) is 9.97 Å². The summed E-state index contributed by atoms with van der Waals surface area (Å²) in [4.78, 5) is 8.84. The molecule has 1 atom stereocenters. The van der Waals surface area contributed by atoms with Crippen LogP contribution in [-0.2, 0) is 6.42 Å². The Morgan fingerprint density at radius 2 is 1.81 bits per heavy atom. The highest BCUT2D eigenvalue weighted by Crippen LogP contribution is 2.13. The first-order chi connectivity index (χ1) is 7.70. The number of hydrogen-bond acceptors (Lipinski definition) is 4. The fourth-order valence-electron chi connectivity index (χ4n) is 1.61. The van der Waals surface area contributed by atoms with E-state index in [1.165, 1.54) is 0 Å². The predicted molar refractivity (Wildman–Crippen MR) is 61.1 cm³/mol. The number of hydrogen-bond donors (Lipinski definition) is 2. The van der Waals surface area contributed by atoms with Crippen LogP contribution in [0.1, 0.15) is 11.4 Å². The van der Waals surface area contributed by atoms with Crippen molar-refractivity contribution >= 4 is 11.0 Å². The SMILES string of the molecule is Cc1nc2ccccc2nc1C[C@H](O)CO. The van der Waals surface area contributed by atoms with Crippen LogP contribution in [0.3, 0.4) is 0 Å². The Hall–Kier alpha value is -1.52. The monoisotopic (exact) mass is 218 g/mol. The van der Waals surface area contributed by atoms with E-state index in [2.05, 4.69) is 9.97 Å². The van der Waals surface area contributed by atoms with Crippen LogP contribution >= 0.6 is 0 Å². The molecule has 0 aliphatic heterocycles. The van der Waals surface area contributed by atoms with Crippen LogP contribution in [0.2, 0.25) is 0 Å². The molecule has 16 heavy (non-hydrogen) atoms. The van der Waals surface area contributed by atoms with Gasteiger partial charge in [0.2, 0.25) is 0 Å². The zero-order chi connectivity index (χ0) is 11.5. The van der Waals surface area contributed by atoms with Crippen molar-refractivity contribution in [1.82, 2.24) is 9.97 Å². The lowest BCUT2D eigenvalue weighted by Gasteiger charge is -2.09. The van der Waals surface area contributed by atoms with Gasteiger partial charge >= 0.3 is 0 Å². The van der Waals surface area contributed by atoms with Crippen molar-refractivity contribution in [3.05, 3.63) is 35.7 Å². The van der Waals surface area contributed by atoms with Gasteiger partial charge in [0.15, 0.2) is 0 Å². The first-order valence-corrected chi connectivity index (χ1v) is 5.22. The Bertz CT molecular complexity index is 499. The van der Waals surface area contributed by atoms with Gasteiger partial charge in [0.05, 0.1) is 35.1 Å². The lowest BCUT2D eigenvalue weighted by molar-refractivity contribution is 0.0946. The standard InChI is InChI=1S/C12H14N2O2/c1-8-12(6-9(16)7-15)14-11-5-3-2-4-10(11)13-8/h2-5,9,15-16H,6-7H2,1H3/t9-/m0/s1. The van der Waals surface area contributed by atoms with Gasteiger partial charge in [0.25, 0.3) is 0 Å². The number of nitrogens with zero attached hydrogens (tertiary/aromatic N) is 2. The topological polar surface area (TPSA) is 66.2 Å². The van der Waals surface area contributed by atoms with E-state index in [4.69, 9.17) is 5.11 Å². The Morgan fingerprint density at radius 1 is 1.19 bits per heavy atom. The minimum absolute atomic E-state index is 0.256. The summed E-state index contributed by atoms with van der Waals surface area (Å²) < 4.78 is 0. The first-order valence-electron chi connectivity index (χ1n) is 5.22. The van der Waals surface area contributed by atoms with Gasteiger partial charge in [0.1, 0.15) is 0 Å². The molecule has 2 rings (SSSR count). The quantitative estimate of drug-likeness (QED) is 0.801. The van der Waals surface area contributed by atoms with Gasteiger partial charge in [-0.15, -0.1) is 0 Å². The number of aromatic nitrogens is 2. The van der Waals surface area contributed by atoms with E-state index in [9.17, 15) is 5.11 Å². The van der Waals surface area contributed by atoms with Crippen molar-refractivity contribution in [2.24, 2.45) is 0 Å². The van der Waals surface area contributed by atoms with Crippen molar-refractivity contribution in [3.8, 4) is 0 Å². The maximum Gasteiger partial charge on any atom is 0.0890 e. The predicted octanol–water partition coefficient (Wildman–Crippen LogP) is 0.834. The Labute approximate surface area is 93.6 Å². The summed E-state index contributed by atoms with van der Waals surface area (Å²) in [5.41, 5.74) is 3.20. The maximum absolute atomic E-state index is 9.39. The Balaban J connectivity index is 2.42. The minimum atomic E-state index is -0.769. The molecule has 0 amide bonds. The van der Waals surface area contributed by atoms with E-state index in [-0.39, 0.29) is 6.61 Å². The summed E-state index contributed by atoms with van der Waals surface area (Å²) in [7, 11) is 0. The van der Waals surface area contributed by atoms with Gasteiger partial charge in [-0.2, -0.15) is 0 Å². The van der Waals surface area contributed by atoms with E-state index in [0.717, 1.165) is 22.4 Å². The molecule has 0 radical (unpaired) electrons. The first kappa shape index (κ1) is 11.0. The van der Waals surface area contributed by atoms with E-state index >= 15 is 0 Å². The summed E-state index contributed by atoms with van der Waals surface area (Å²) in [5.74, 6) is 0. The second kappa shape index (κ2) is 4.55. The third-order valence-corrected chi connectivity index (χ3v) is 2.48. The third kappa shape index (κ3) is 2.18. The third-order valence-electron chi connectivity index (χ3n) is 2.48. The van der Waals surface area contributed by atoms with E-state index < -0.39 is 6.10 Å². The number of aliphatic hydroxyl groups excluding tert-OH is 2. The number of aliphatic hydroxyl groups is 2. The van der Waals surface area contributed by atoms with Crippen LogP contribution in [0.15, 0.2) is 24.3 Å². The largest absolute Gasteiger partial charge is 0.394 e. The summed E-state index contributed by atoms with van der Waals surface area (Å²) in [5, 5.41) is 18.2. The van der Waals surface area contributed by atoms with Crippen molar-refractivity contribution in [1.29, 1.82) is 0 Å². The molecule has 4 nitrogen and oxygen atoms in total. The molecule has 0 fully saturated rings. The molecule has 0 aliphatic rings. The summed E-state index contributed by atoms with van der Waals surface area (Å²) in [6.45, 7) is 1.60. The molecule has 0 saturated heterocycles. The summed E-state index contributed by atoms with van der Waals surface area (Å²) >= 11 is 0. The molecule has 4 heteroatoms. The average molecular weight is 218 g/mol. The molecule has 0 bridgehead atoms. The van der Waals surface area contributed by atoms with Gasteiger partial charge in [0, 0.05) is 6.42 Å². The van der Waals surface area contributed by atoms with Gasteiger partial charge in [-0.1, -0.05) is 12.1 Å². The molecule has 2 aromatic rings. The highest BCUT2D eigenvalue weighted by molar-refractivity contribution is 5.74. The molecular weight excluding hydrogens is 204 g/mol. The Morgan fingerprint density at radius 3 is 2.44 bits per heavy atom. The smallest absolute Gasteiger partial charge is 0.0890 e. The molecule has 0 saturated carbocycles. The van der Waals surface area contributed by atoms with E-state index in [1.807, 2.05) is 31.2 Å². The Kier molecular flexibility index (Phi) is 3.12. The van der Waals surface area contributed by atoms with Crippen molar-refractivity contribution < 1.29 is 10.2 Å². The number of aryl methyl sites for hydroxylation is 1. The van der Waals surface area contributed by atoms with Gasteiger partial charge in [-0.05, 0) is 19.1 Å². The van der Waals surface area contributed by atoms with Crippen molar-refractivity contribution in [3.63, 3.8) is 0 Å². The second-order valence-corrected chi connectivity index (χ2v) is 3.78. The number of benzene rings is 1. The highest BCUT2D eigenvalue weighted by atomic mass is 16.3. The van der Waals surface area contributed by atoms with Crippen LogP contribution in [-0.4, -0.2) is 32.9 Å². The van der Waals surface area contributed by atoms with Crippen molar-refractivity contribution in [2.75, 3.05) is 6.61 Å². The molecule has 1 aromatic heterocycles. The summed E-state index contributed by atoms with van der Waals surface area (Å²) in [6, 6.07) is 7.61. The van der Waals surface area contributed by atoms with E-state index in [0.29, 0.717) is 6.42 Å².